The van der Waals surface area contributed by atoms with Gasteiger partial charge in [-0.25, -0.2) is 0 Å². The lowest BCUT2D eigenvalue weighted by molar-refractivity contribution is -0.124. The van der Waals surface area contributed by atoms with Gasteiger partial charge in [0.05, 0.1) is 18.3 Å². The fraction of sp³-hybridized carbons (Fsp3) is 0.312. The van der Waals surface area contributed by atoms with E-state index in [0.717, 1.165) is 18.7 Å². The number of benzene rings is 1. The highest BCUT2D eigenvalue weighted by molar-refractivity contribution is 5.82. The molecule has 20 heavy (non-hydrogen) atoms. The van der Waals surface area contributed by atoms with Gasteiger partial charge in [0.1, 0.15) is 5.76 Å². The molecule has 1 aliphatic heterocycles. The topological polar surface area (TPSA) is 54.3 Å². The minimum Gasteiger partial charge on any atom is -0.467 e. The van der Waals surface area contributed by atoms with Crippen LogP contribution in [0.15, 0.2) is 47.1 Å². The normalized spacial score (nSPS) is 19.1. The van der Waals surface area contributed by atoms with Crippen molar-refractivity contribution in [1.82, 2.24) is 10.6 Å². The molecule has 0 radical (unpaired) electrons. The summed E-state index contributed by atoms with van der Waals surface area (Å²) < 4.78 is 5.30. The maximum atomic E-state index is 12.3. The van der Waals surface area contributed by atoms with Gasteiger partial charge in [0.15, 0.2) is 0 Å². The third-order valence-corrected chi connectivity index (χ3v) is 3.73. The number of carbonyl (C=O) groups excluding carboxylic acids is 1. The molecule has 1 aliphatic rings. The van der Waals surface area contributed by atoms with Crippen LogP contribution in [0.2, 0.25) is 0 Å². The lowest BCUT2D eigenvalue weighted by Crippen LogP contribution is -2.48. The van der Waals surface area contributed by atoms with Crippen molar-refractivity contribution in [3.05, 3.63) is 59.5 Å². The Morgan fingerprint density at radius 1 is 1.30 bits per heavy atom. The summed E-state index contributed by atoms with van der Waals surface area (Å²) in [6.45, 7) is 2.66. The van der Waals surface area contributed by atoms with E-state index in [0.29, 0.717) is 0 Å². The molecule has 2 atom stereocenters. The third-order valence-electron chi connectivity index (χ3n) is 3.73. The van der Waals surface area contributed by atoms with Crippen molar-refractivity contribution in [1.29, 1.82) is 0 Å². The molecule has 0 saturated carbocycles. The Morgan fingerprint density at radius 3 is 2.85 bits per heavy atom. The zero-order valence-electron chi connectivity index (χ0n) is 11.4. The van der Waals surface area contributed by atoms with E-state index in [-0.39, 0.29) is 18.0 Å². The summed E-state index contributed by atoms with van der Waals surface area (Å²) in [7, 11) is 0. The van der Waals surface area contributed by atoms with Crippen molar-refractivity contribution in [2.24, 2.45) is 0 Å². The first-order chi connectivity index (χ1) is 9.74. The summed E-state index contributed by atoms with van der Waals surface area (Å²) in [5.41, 5.74) is 2.52. The summed E-state index contributed by atoms with van der Waals surface area (Å²) in [6.07, 6.45) is 2.35. The predicted molar refractivity (Wildman–Crippen MR) is 76.0 cm³/mol. The monoisotopic (exact) mass is 270 g/mol. The molecule has 1 aromatic carbocycles. The second kappa shape index (κ2) is 5.51. The second-order valence-corrected chi connectivity index (χ2v) is 5.15. The van der Waals surface area contributed by atoms with Crippen LogP contribution < -0.4 is 10.6 Å². The summed E-state index contributed by atoms with van der Waals surface area (Å²) in [6, 6.07) is 11.6. The van der Waals surface area contributed by atoms with E-state index in [1.54, 1.807) is 6.26 Å². The Balaban J connectivity index is 1.64. The van der Waals surface area contributed by atoms with E-state index in [1.807, 2.05) is 31.2 Å². The van der Waals surface area contributed by atoms with Crippen molar-refractivity contribution in [2.45, 2.75) is 32.0 Å². The van der Waals surface area contributed by atoms with E-state index in [1.165, 1.54) is 11.1 Å². The molecule has 0 aliphatic carbocycles. The van der Waals surface area contributed by atoms with Crippen LogP contribution in [0.3, 0.4) is 0 Å². The van der Waals surface area contributed by atoms with Crippen LogP contribution in [-0.2, 0) is 17.8 Å². The highest BCUT2D eigenvalue weighted by atomic mass is 16.3. The predicted octanol–water partition coefficient (Wildman–Crippen LogP) is 2.17. The molecule has 0 unspecified atom stereocenters. The quantitative estimate of drug-likeness (QED) is 0.898. The fourth-order valence-electron chi connectivity index (χ4n) is 2.56. The van der Waals surface area contributed by atoms with Crippen LogP contribution in [-0.4, -0.2) is 11.9 Å². The van der Waals surface area contributed by atoms with Gasteiger partial charge in [0.2, 0.25) is 5.91 Å². The summed E-state index contributed by atoms with van der Waals surface area (Å²) in [5.74, 6) is 0.790. The Morgan fingerprint density at radius 2 is 2.10 bits per heavy atom. The van der Waals surface area contributed by atoms with E-state index < -0.39 is 0 Å². The molecular weight excluding hydrogens is 252 g/mol. The Bertz CT molecular complexity index is 592. The zero-order chi connectivity index (χ0) is 13.9. The van der Waals surface area contributed by atoms with E-state index in [9.17, 15) is 4.79 Å². The molecule has 3 rings (SSSR count). The van der Waals surface area contributed by atoms with Gasteiger partial charge in [0.25, 0.3) is 0 Å². The molecule has 4 heteroatoms. The highest BCUT2D eigenvalue weighted by Crippen LogP contribution is 2.17. The molecule has 2 N–H and O–H groups in total. The van der Waals surface area contributed by atoms with Crippen LogP contribution in [0.5, 0.6) is 0 Å². The van der Waals surface area contributed by atoms with Crippen molar-refractivity contribution >= 4 is 5.91 Å². The Labute approximate surface area is 118 Å². The van der Waals surface area contributed by atoms with Gasteiger partial charge in [-0.05, 0) is 36.6 Å². The average molecular weight is 270 g/mol. The lowest BCUT2D eigenvalue weighted by atomic mass is 9.95. The molecule has 0 fully saturated rings. The van der Waals surface area contributed by atoms with Gasteiger partial charge in [-0.1, -0.05) is 24.3 Å². The zero-order valence-corrected chi connectivity index (χ0v) is 11.4. The summed E-state index contributed by atoms with van der Waals surface area (Å²) >= 11 is 0. The van der Waals surface area contributed by atoms with Crippen LogP contribution in [0, 0.1) is 0 Å². The Kier molecular flexibility index (Phi) is 3.56. The minimum absolute atomic E-state index is 0.0170. The van der Waals surface area contributed by atoms with Gasteiger partial charge in [0, 0.05) is 6.54 Å². The van der Waals surface area contributed by atoms with Crippen molar-refractivity contribution in [3.8, 4) is 0 Å². The van der Waals surface area contributed by atoms with E-state index >= 15 is 0 Å². The van der Waals surface area contributed by atoms with Crippen LogP contribution >= 0.6 is 0 Å². The van der Waals surface area contributed by atoms with Gasteiger partial charge in [-0.2, -0.15) is 0 Å². The maximum Gasteiger partial charge on any atom is 0.238 e. The number of nitrogens with one attached hydrogen (secondary N) is 2. The standard InChI is InChI=1S/C16H18N2O2/c1-11(15-7-4-8-20-15)18-16(19)14-9-12-5-2-3-6-13(12)10-17-14/h2-8,11,14,17H,9-10H2,1H3,(H,18,19)/t11-,14+/m1/s1. The molecule has 1 amide bonds. The third kappa shape index (κ3) is 2.60. The first kappa shape index (κ1) is 12.9. The molecule has 4 nitrogen and oxygen atoms in total. The van der Waals surface area contributed by atoms with Gasteiger partial charge in [-0.15, -0.1) is 0 Å². The van der Waals surface area contributed by atoms with Crippen LogP contribution in [0.25, 0.3) is 0 Å². The number of hydrogen-bond acceptors (Lipinski definition) is 3. The van der Waals surface area contributed by atoms with Gasteiger partial charge in [-0.3, -0.25) is 4.79 Å². The smallest absolute Gasteiger partial charge is 0.238 e. The number of hydrogen-bond donors (Lipinski definition) is 2. The van der Waals surface area contributed by atoms with Gasteiger partial charge < -0.3 is 15.1 Å². The fourth-order valence-corrected chi connectivity index (χ4v) is 2.56. The number of amides is 1. The molecule has 0 spiro atoms. The number of fused-ring (bicyclic) bond motifs is 1. The lowest BCUT2D eigenvalue weighted by Gasteiger charge is -2.26. The second-order valence-electron chi connectivity index (χ2n) is 5.15. The summed E-state index contributed by atoms with van der Waals surface area (Å²) in [5, 5.41) is 6.27. The van der Waals surface area contributed by atoms with Crippen LogP contribution in [0.1, 0.15) is 29.9 Å². The molecule has 104 valence electrons. The number of carbonyl (C=O) groups is 1. The van der Waals surface area contributed by atoms with Crippen molar-refractivity contribution < 1.29 is 9.21 Å². The Hall–Kier alpha value is -2.07. The largest absolute Gasteiger partial charge is 0.467 e. The molecule has 0 bridgehead atoms. The first-order valence-electron chi connectivity index (χ1n) is 6.88. The average Bonchev–Trinajstić information content (AvgIpc) is 3.01. The molecular formula is C16H18N2O2. The summed E-state index contributed by atoms with van der Waals surface area (Å²) in [4.78, 5) is 12.3. The molecule has 0 saturated heterocycles. The SMILES string of the molecule is C[C@@H](NC(=O)[C@@H]1Cc2ccccc2CN1)c1ccco1. The number of rotatable bonds is 3. The van der Waals surface area contributed by atoms with Crippen molar-refractivity contribution in [2.75, 3.05) is 0 Å². The maximum absolute atomic E-state index is 12.3. The molecule has 2 heterocycles. The van der Waals surface area contributed by atoms with Gasteiger partial charge >= 0.3 is 0 Å². The van der Waals surface area contributed by atoms with E-state index in [2.05, 4.69) is 22.8 Å². The minimum atomic E-state index is -0.178. The van der Waals surface area contributed by atoms with Crippen LogP contribution in [0.4, 0.5) is 0 Å². The molecule has 2 aromatic rings. The first-order valence-corrected chi connectivity index (χ1v) is 6.88. The van der Waals surface area contributed by atoms with Crippen molar-refractivity contribution in [3.63, 3.8) is 0 Å². The molecule has 1 aromatic heterocycles. The highest BCUT2D eigenvalue weighted by Gasteiger charge is 2.25. The number of furan rings is 1. The van der Waals surface area contributed by atoms with E-state index in [4.69, 9.17) is 4.42 Å².